The first-order valence-corrected chi connectivity index (χ1v) is 8.38. The van der Waals surface area contributed by atoms with Crippen molar-refractivity contribution in [1.82, 2.24) is 14.5 Å². The number of halogens is 2. The summed E-state index contributed by atoms with van der Waals surface area (Å²) in [5, 5.41) is 0. The number of hydrogen-bond donors (Lipinski definition) is 0. The lowest BCUT2D eigenvalue weighted by atomic mass is 9.80. The van der Waals surface area contributed by atoms with Crippen LogP contribution in [0.3, 0.4) is 0 Å². The molecule has 1 aliphatic carbocycles. The molecule has 7 heteroatoms. The number of nitrogens with zero attached hydrogens (tertiary/aromatic N) is 3. The number of pyridine rings is 1. The van der Waals surface area contributed by atoms with Gasteiger partial charge in [0.05, 0.1) is 12.6 Å². The second-order valence-corrected chi connectivity index (χ2v) is 6.72. The molecule has 0 saturated heterocycles. The van der Waals surface area contributed by atoms with Gasteiger partial charge in [-0.3, -0.25) is 4.79 Å². The summed E-state index contributed by atoms with van der Waals surface area (Å²) in [6.07, 6.45) is 2.95. The molecule has 132 valence electrons. The van der Waals surface area contributed by atoms with E-state index in [2.05, 4.69) is 9.55 Å². The van der Waals surface area contributed by atoms with E-state index in [-0.39, 0.29) is 24.8 Å². The van der Waals surface area contributed by atoms with Crippen LogP contribution in [0.25, 0.3) is 0 Å². The Balaban J connectivity index is 1.45. The van der Waals surface area contributed by atoms with Crippen LogP contribution in [0.5, 0.6) is 5.88 Å². The smallest absolute Gasteiger partial charge is 0.249 e. The molecule has 3 heterocycles. The van der Waals surface area contributed by atoms with Crippen LogP contribution in [0.1, 0.15) is 24.6 Å². The molecule has 4 rings (SSSR count). The second-order valence-electron chi connectivity index (χ2n) is 6.72. The van der Waals surface area contributed by atoms with Gasteiger partial charge >= 0.3 is 0 Å². The van der Waals surface area contributed by atoms with Crippen LogP contribution in [0.4, 0.5) is 8.78 Å². The molecule has 1 amide bonds. The van der Waals surface area contributed by atoms with Crippen LogP contribution in [0, 0.1) is 5.92 Å². The van der Waals surface area contributed by atoms with Gasteiger partial charge in [-0.25, -0.2) is 13.8 Å². The molecule has 0 spiro atoms. The quantitative estimate of drug-likeness (QED) is 0.854. The fourth-order valence-electron chi connectivity index (χ4n) is 3.53. The molecule has 1 saturated carbocycles. The number of ether oxygens (including phenoxy) is 1. The zero-order valence-corrected chi connectivity index (χ0v) is 13.6. The van der Waals surface area contributed by atoms with E-state index in [1.54, 1.807) is 17.2 Å². The summed E-state index contributed by atoms with van der Waals surface area (Å²) in [4.78, 5) is 18.4. The summed E-state index contributed by atoms with van der Waals surface area (Å²) in [6, 6.07) is 9.24. The molecule has 2 aromatic rings. The van der Waals surface area contributed by atoms with E-state index < -0.39 is 11.8 Å². The van der Waals surface area contributed by atoms with Gasteiger partial charge in [0, 0.05) is 49.5 Å². The zero-order chi connectivity index (χ0) is 17.4. The minimum atomic E-state index is -2.68. The van der Waals surface area contributed by atoms with E-state index in [0.717, 1.165) is 5.69 Å². The van der Waals surface area contributed by atoms with Crippen molar-refractivity contribution in [1.29, 1.82) is 0 Å². The van der Waals surface area contributed by atoms with Gasteiger partial charge in [-0.15, -0.1) is 0 Å². The third-order valence-corrected chi connectivity index (χ3v) is 4.86. The van der Waals surface area contributed by atoms with E-state index in [4.69, 9.17) is 4.74 Å². The monoisotopic (exact) mass is 347 g/mol. The Morgan fingerprint density at radius 2 is 2.12 bits per heavy atom. The normalized spacial score (nSPS) is 22.2. The molecule has 1 fully saturated rings. The van der Waals surface area contributed by atoms with Crippen molar-refractivity contribution in [3.05, 3.63) is 48.4 Å². The predicted octanol–water partition coefficient (Wildman–Crippen LogP) is 2.89. The van der Waals surface area contributed by atoms with Gasteiger partial charge in [0.25, 0.3) is 0 Å². The lowest BCUT2D eigenvalue weighted by molar-refractivity contribution is -0.161. The average molecular weight is 347 g/mol. The summed E-state index contributed by atoms with van der Waals surface area (Å²) in [5.41, 5.74) is 0.986. The Bertz CT molecular complexity index is 755. The maximum Gasteiger partial charge on any atom is 0.249 e. The van der Waals surface area contributed by atoms with Crippen LogP contribution in [0.15, 0.2) is 42.7 Å². The number of amides is 1. The summed E-state index contributed by atoms with van der Waals surface area (Å²) in [7, 11) is 0. The van der Waals surface area contributed by atoms with Gasteiger partial charge in [-0.05, 0) is 18.2 Å². The first kappa shape index (κ1) is 16.1. The number of hydrogen-bond acceptors (Lipinski definition) is 3. The summed E-state index contributed by atoms with van der Waals surface area (Å²) < 4.78 is 34.0. The summed E-state index contributed by atoms with van der Waals surface area (Å²) in [6.45, 7) is 1.27. The number of carbonyl (C=O) groups excluding carboxylic acids is 1. The largest absolute Gasteiger partial charge is 0.475 e. The van der Waals surface area contributed by atoms with Gasteiger partial charge in [-0.2, -0.15) is 0 Å². The molecule has 2 aliphatic rings. The number of alkyl halides is 2. The Kier molecular flexibility index (Phi) is 3.94. The highest BCUT2D eigenvalue weighted by Gasteiger charge is 2.50. The third-order valence-electron chi connectivity index (χ3n) is 4.86. The fraction of sp³-hybridized carbons (Fsp3) is 0.444. The Morgan fingerprint density at radius 1 is 1.28 bits per heavy atom. The van der Waals surface area contributed by atoms with Gasteiger partial charge in [0.1, 0.15) is 6.61 Å². The molecule has 0 bridgehead atoms. The van der Waals surface area contributed by atoms with Crippen LogP contribution in [-0.4, -0.2) is 39.4 Å². The van der Waals surface area contributed by atoms with Crippen molar-refractivity contribution in [3.63, 3.8) is 0 Å². The van der Waals surface area contributed by atoms with Crippen molar-refractivity contribution >= 4 is 5.91 Å². The highest BCUT2D eigenvalue weighted by Crippen LogP contribution is 2.43. The van der Waals surface area contributed by atoms with Crippen molar-refractivity contribution in [2.24, 2.45) is 5.92 Å². The number of carbonyl (C=O) groups is 1. The van der Waals surface area contributed by atoms with Crippen molar-refractivity contribution in [3.8, 4) is 5.88 Å². The second kappa shape index (κ2) is 6.13. The van der Waals surface area contributed by atoms with Crippen molar-refractivity contribution in [2.75, 3.05) is 13.2 Å². The molecule has 0 unspecified atom stereocenters. The maximum atomic E-state index is 13.1. The van der Waals surface area contributed by atoms with Crippen molar-refractivity contribution in [2.45, 2.75) is 31.4 Å². The SMILES string of the molecule is O=C(C1CC(F)(F)C1)N1Cc2cccn2[C@@H](COc2ccccn2)C1. The van der Waals surface area contributed by atoms with Crippen molar-refractivity contribution < 1.29 is 18.3 Å². The molecule has 0 N–H and O–H groups in total. The minimum Gasteiger partial charge on any atom is -0.475 e. The maximum absolute atomic E-state index is 13.1. The first-order chi connectivity index (χ1) is 12.0. The molecule has 0 radical (unpaired) electrons. The lowest BCUT2D eigenvalue weighted by Crippen LogP contribution is -2.50. The Labute approximate surface area is 144 Å². The standard InChI is InChI=1S/C18H19F2N3O2/c19-18(20)8-13(9-18)17(24)22-10-14-4-3-7-23(14)15(11-22)12-25-16-5-1-2-6-21-16/h1-7,13,15H,8-12H2/t15-/m1/s1. The van der Waals surface area contributed by atoms with Crippen LogP contribution in [0.2, 0.25) is 0 Å². The third kappa shape index (κ3) is 3.23. The van der Waals surface area contributed by atoms with Gasteiger partial charge in [0.2, 0.25) is 17.7 Å². The topological polar surface area (TPSA) is 47.4 Å². The van der Waals surface area contributed by atoms with E-state index in [1.807, 2.05) is 30.5 Å². The van der Waals surface area contributed by atoms with Crippen LogP contribution in [-0.2, 0) is 11.3 Å². The molecule has 1 aliphatic heterocycles. The van der Waals surface area contributed by atoms with Gasteiger partial charge < -0.3 is 14.2 Å². The summed E-state index contributed by atoms with van der Waals surface area (Å²) in [5.74, 6) is -2.90. The highest BCUT2D eigenvalue weighted by molar-refractivity contribution is 5.80. The number of fused-ring (bicyclic) bond motifs is 1. The summed E-state index contributed by atoms with van der Waals surface area (Å²) >= 11 is 0. The first-order valence-electron chi connectivity index (χ1n) is 8.38. The molecule has 2 aromatic heterocycles. The Morgan fingerprint density at radius 3 is 2.84 bits per heavy atom. The minimum absolute atomic E-state index is 0.0645. The van der Waals surface area contributed by atoms with E-state index >= 15 is 0 Å². The number of rotatable bonds is 4. The van der Waals surface area contributed by atoms with Gasteiger partial charge in [0.15, 0.2) is 0 Å². The lowest BCUT2D eigenvalue weighted by Gasteiger charge is -2.40. The highest BCUT2D eigenvalue weighted by atomic mass is 19.3. The van der Waals surface area contributed by atoms with Gasteiger partial charge in [-0.1, -0.05) is 6.07 Å². The van der Waals surface area contributed by atoms with Crippen LogP contribution >= 0.6 is 0 Å². The van der Waals surface area contributed by atoms with E-state index in [0.29, 0.717) is 25.6 Å². The Hall–Kier alpha value is -2.44. The number of aromatic nitrogens is 2. The zero-order valence-electron chi connectivity index (χ0n) is 13.6. The predicted molar refractivity (Wildman–Crippen MR) is 86.3 cm³/mol. The molecule has 1 atom stereocenters. The van der Waals surface area contributed by atoms with Crippen LogP contribution < -0.4 is 4.74 Å². The average Bonchev–Trinajstić information content (AvgIpc) is 3.06. The molecular formula is C18H19F2N3O2. The molecule has 0 aromatic carbocycles. The van der Waals surface area contributed by atoms with E-state index in [1.165, 1.54) is 0 Å². The molecule has 25 heavy (non-hydrogen) atoms. The fourth-order valence-corrected chi connectivity index (χ4v) is 3.53. The molecular weight excluding hydrogens is 328 g/mol. The molecule has 5 nitrogen and oxygen atoms in total. The van der Waals surface area contributed by atoms with E-state index in [9.17, 15) is 13.6 Å².